The molecular weight excluding hydrogens is 184 g/mol. The number of rotatable bonds is 6. The second kappa shape index (κ2) is 9.13. The van der Waals surface area contributed by atoms with Crippen LogP contribution in [0.1, 0.15) is 6.92 Å². The van der Waals surface area contributed by atoms with Gasteiger partial charge in [-0.3, -0.25) is 0 Å². The minimum Gasteiger partial charge on any atom is -0.458 e. The van der Waals surface area contributed by atoms with Gasteiger partial charge >= 0.3 is 5.97 Å². The molecule has 0 radical (unpaired) electrons. The molecule has 0 spiro atoms. The van der Waals surface area contributed by atoms with Gasteiger partial charge in [-0.25, -0.2) is 4.79 Å². The third kappa shape index (κ3) is 8.95. The van der Waals surface area contributed by atoms with Gasteiger partial charge in [-0.05, 0) is 17.2 Å². The number of hydrogen-bond acceptors (Lipinski definition) is 3. The molecule has 0 aliphatic rings. The molecule has 0 heterocycles. The Labute approximate surface area is 83.4 Å². The average molecular weight is 198 g/mol. The maximum atomic E-state index is 10.6. The van der Waals surface area contributed by atoms with Gasteiger partial charge in [-0.15, -0.1) is 11.8 Å². The second-order valence-corrected chi connectivity index (χ2v) is 3.23. The van der Waals surface area contributed by atoms with Crippen molar-refractivity contribution in [3.63, 3.8) is 0 Å². The smallest absolute Gasteiger partial charge is 0.330 e. The first-order valence-electron chi connectivity index (χ1n) is 4.03. The van der Waals surface area contributed by atoms with Crippen LogP contribution in [0, 0.1) is 0 Å². The molecular formula is C10H14O2S. The molecule has 0 aromatic carbocycles. The molecule has 3 heteroatoms. The molecule has 0 fully saturated rings. The Kier molecular flexibility index (Phi) is 8.46. The standard InChI is InChI=1S/C10H14O2S/c1-3-10(11)12-8-6-5-7-9-13-4-2/h3,5-7,9H,1,4,8H2,2H3/b6-5-,9-7+. The molecule has 13 heavy (non-hydrogen) atoms. The van der Waals surface area contributed by atoms with E-state index in [2.05, 4.69) is 13.5 Å². The summed E-state index contributed by atoms with van der Waals surface area (Å²) in [7, 11) is 0. The molecule has 0 saturated carbocycles. The summed E-state index contributed by atoms with van der Waals surface area (Å²) in [5.74, 6) is 0.673. The van der Waals surface area contributed by atoms with Crippen molar-refractivity contribution in [2.75, 3.05) is 12.4 Å². The molecule has 0 amide bonds. The van der Waals surface area contributed by atoms with E-state index in [-0.39, 0.29) is 0 Å². The number of ether oxygens (including phenoxy) is 1. The van der Waals surface area contributed by atoms with Crippen LogP contribution in [-0.2, 0) is 9.53 Å². The van der Waals surface area contributed by atoms with Gasteiger partial charge in [-0.1, -0.05) is 25.7 Å². The SMILES string of the molecule is C=CC(=O)OC/C=C\C=C\SCC. The van der Waals surface area contributed by atoms with Gasteiger partial charge in [-0.2, -0.15) is 0 Å². The Morgan fingerprint density at radius 3 is 2.92 bits per heavy atom. The fourth-order valence-electron chi connectivity index (χ4n) is 0.520. The normalized spacial score (nSPS) is 10.8. The molecule has 0 N–H and O–H groups in total. The Hall–Kier alpha value is -0.960. The van der Waals surface area contributed by atoms with Crippen molar-refractivity contribution in [1.29, 1.82) is 0 Å². The fourth-order valence-corrected chi connectivity index (χ4v) is 0.915. The average Bonchev–Trinajstić information content (AvgIpc) is 2.16. The topological polar surface area (TPSA) is 26.3 Å². The highest BCUT2D eigenvalue weighted by Gasteiger charge is 1.88. The summed E-state index contributed by atoms with van der Waals surface area (Å²) in [6.07, 6.45) is 6.68. The van der Waals surface area contributed by atoms with E-state index in [1.807, 2.05) is 17.6 Å². The first-order valence-corrected chi connectivity index (χ1v) is 5.08. The highest BCUT2D eigenvalue weighted by molar-refractivity contribution is 8.02. The van der Waals surface area contributed by atoms with E-state index < -0.39 is 5.97 Å². The van der Waals surface area contributed by atoms with Gasteiger partial charge in [0.1, 0.15) is 6.61 Å². The van der Waals surface area contributed by atoms with E-state index in [9.17, 15) is 4.79 Å². The number of esters is 1. The maximum Gasteiger partial charge on any atom is 0.330 e. The molecule has 0 aromatic rings. The van der Waals surface area contributed by atoms with Crippen LogP contribution in [0.4, 0.5) is 0 Å². The summed E-state index contributed by atoms with van der Waals surface area (Å²) in [4.78, 5) is 10.6. The minimum absolute atomic E-state index is 0.298. The Morgan fingerprint density at radius 1 is 1.54 bits per heavy atom. The number of thioether (sulfide) groups is 1. The van der Waals surface area contributed by atoms with E-state index in [1.165, 1.54) is 0 Å². The van der Waals surface area contributed by atoms with Crippen LogP contribution in [0.15, 0.2) is 36.3 Å². The van der Waals surface area contributed by atoms with Crippen molar-refractivity contribution < 1.29 is 9.53 Å². The molecule has 0 atom stereocenters. The first-order chi connectivity index (χ1) is 6.31. The molecule has 2 nitrogen and oxygen atoms in total. The minimum atomic E-state index is -0.392. The van der Waals surface area contributed by atoms with Crippen molar-refractivity contribution >= 4 is 17.7 Å². The number of carbonyl (C=O) groups excluding carboxylic acids is 1. The summed E-state index contributed by atoms with van der Waals surface area (Å²) in [6.45, 7) is 5.67. The lowest BCUT2D eigenvalue weighted by Crippen LogP contribution is -1.98. The summed E-state index contributed by atoms with van der Waals surface area (Å²) in [5.41, 5.74) is 0. The van der Waals surface area contributed by atoms with Gasteiger partial charge < -0.3 is 4.74 Å². The zero-order valence-corrected chi connectivity index (χ0v) is 8.55. The van der Waals surface area contributed by atoms with E-state index in [1.54, 1.807) is 17.8 Å². The molecule has 0 aliphatic carbocycles. The number of allylic oxidation sites excluding steroid dienone is 2. The predicted octanol–water partition coefficient (Wildman–Crippen LogP) is 2.54. The Morgan fingerprint density at radius 2 is 2.31 bits per heavy atom. The lowest BCUT2D eigenvalue weighted by Gasteiger charge is -1.93. The van der Waals surface area contributed by atoms with Crippen molar-refractivity contribution in [3.8, 4) is 0 Å². The molecule has 0 saturated heterocycles. The molecule has 0 aromatic heterocycles. The van der Waals surface area contributed by atoms with E-state index >= 15 is 0 Å². The monoisotopic (exact) mass is 198 g/mol. The van der Waals surface area contributed by atoms with Crippen molar-refractivity contribution in [2.45, 2.75) is 6.92 Å². The Balaban J connectivity index is 3.41. The van der Waals surface area contributed by atoms with E-state index in [0.717, 1.165) is 11.8 Å². The molecule has 72 valence electrons. The van der Waals surface area contributed by atoms with Gasteiger partial charge in [0.15, 0.2) is 0 Å². The maximum absolute atomic E-state index is 10.6. The molecule has 0 rings (SSSR count). The molecule has 0 bridgehead atoms. The first kappa shape index (κ1) is 12.0. The highest BCUT2D eigenvalue weighted by atomic mass is 32.2. The van der Waals surface area contributed by atoms with Crippen LogP contribution in [0.25, 0.3) is 0 Å². The van der Waals surface area contributed by atoms with Crippen LogP contribution in [-0.4, -0.2) is 18.3 Å². The largest absolute Gasteiger partial charge is 0.458 e. The van der Waals surface area contributed by atoms with Crippen molar-refractivity contribution in [1.82, 2.24) is 0 Å². The predicted molar refractivity (Wildman–Crippen MR) is 57.6 cm³/mol. The van der Waals surface area contributed by atoms with Gasteiger partial charge in [0.25, 0.3) is 0 Å². The van der Waals surface area contributed by atoms with Gasteiger partial charge in [0, 0.05) is 6.08 Å². The highest BCUT2D eigenvalue weighted by Crippen LogP contribution is 1.99. The van der Waals surface area contributed by atoms with Crippen LogP contribution < -0.4 is 0 Å². The zero-order valence-electron chi connectivity index (χ0n) is 7.73. The van der Waals surface area contributed by atoms with Crippen molar-refractivity contribution in [3.05, 3.63) is 36.3 Å². The lowest BCUT2D eigenvalue weighted by atomic mass is 10.5. The molecule has 0 unspecified atom stereocenters. The zero-order chi connectivity index (χ0) is 9.94. The van der Waals surface area contributed by atoms with Crippen LogP contribution in [0.3, 0.4) is 0 Å². The summed E-state index contributed by atoms with van der Waals surface area (Å²) >= 11 is 1.72. The lowest BCUT2D eigenvalue weighted by molar-refractivity contribution is -0.136. The quantitative estimate of drug-likeness (QED) is 0.373. The van der Waals surface area contributed by atoms with Crippen LogP contribution >= 0.6 is 11.8 Å². The van der Waals surface area contributed by atoms with Crippen LogP contribution in [0.5, 0.6) is 0 Å². The Bertz CT molecular complexity index is 207. The van der Waals surface area contributed by atoms with Gasteiger partial charge in [0.2, 0.25) is 0 Å². The second-order valence-electron chi connectivity index (χ2n) is 2.05. The van der Waals surface area contributed by atoms with Crippen molar-refractivity contribution in [2.24, 2.45) is 0 Å². The number of carbonyl (C=O) groups is 1. The van der Waals surface area contributed by atoms with Gasteiger partial charge in [0.05, 0.1) is 0 Å². The summed E-state index contributed by atoms with van der Waals surface area (Å²) in [5, 5.41) is 1.99. The molecule has 0 aliphatic heterocycles. The summed E-state index contributed by atoms with van der Waals surface area (Å²) in [6, 6.07) is 0. The third-order valence-electron chi connectivity index (χ3n) is 1.08. The van der Waals surface area contributed by atoms with E-state index in [4.69, 9.17) is 4.74 Å². The van der Waals surface area contributed by atoms with Crippen LogP contribution in [0.2, 0.25) is 0 Å². The third-order valence-corrected chi connectivity index (χ3v) is 1.76. The number of hydrogen-bond donors (Lipinski definition) is 0. The summed E-state index contributed by atoms with van der Waals surface area (Å²) < 4.78 is 4.71. The fraction of sp³-hybridized carbons (Fsp3) is 0.300. The van der Waals surface area contributed by atoms with E-state index in [0.29, 0.717) is 6.61 Å².